The zero-order valence-corrected chi connectivity index (χ0v) is 14.6. The molecule has 120 valence electrons. The van der Waals surface area contributed by atoms with Crippen LogP contribution in [0.4, 0.5) is 5.82 Å². The monoisotopic (exact) mass is 331 g/mol. The second-order valence-corrected chi connectivity index (χ2v) is 7.86. The van der Waals surface area contributed by atoms with Crippen LogP contribution >= 0.6 is 11.8 Å². The highest BCUT2D eigenvalue weighted by atomic mass is 32.2. The molecule has 1 atom stereocenters. The highest BCUT2D eigenvalue weighted by Gasteiger charge is 2.21. The third-order valence-electron chi connectivity index (χ3n) is 2.86. The Kier molecular flexibility index (Phi) is 8.06. The fourth-order valence-electron chi connectivity index (χ4n) is 1.78. The van der Waals surface area contributed by atoms with Gasteiger partial charge in [-0.3, -0.25) is 0 Å². The Balaban J connectivity index is 2.77. The molecular formula is C14H25N3O2S2. The van der Waals surface area contributed by atoms with Crippen molar-refractivity contribution in [2.24, 2.45) is 0 Å². The summed E-state index contributed by atoms with van der Waals surface area (Å²) in [6.45, 7) is 6.71. The van der Waals surface area contributed by atoms with Crippen LogP contribution < -0.4 is 10.0 Å². The van der Waals surface area contributed by atoms with E-state index in [-0.39, 0.29) is 10.9 Å². The van der Waals surface area contributed by atoms with Crippen molar-refractivity contribution in [3.8, 4) is 0 Å². The maximum atomic E-state index is 12.5. The average molecular weight is 332 g/mol. The molecule has 1 rings (SSSR count). The number of rotatable bonds is 10. The van der Waals surface area contributed by atoms with Gasteiger partial charge >= 0.3 is 0 Å². The molecule has 0 aromatic carbocycles. The number of pyridine rings is 1. The second-order valence-electron chi connectivity index (χ2n) is 4.78. The third kappa shape index (κ3) is 6.23. The molecule has 1 unspecified atom stereocenters. The van der Waals surface area contributed by atoms with Gasteiger partial charge in [0.1, 0.15) is 10.7 Å². The summed E-state index contributed by atoms with van der Waals surface area (Å²) < 4.78 is 27.6. The first-order chi connectivity index (χ1) is 10.0. The molecule has 0 radical (unpaired) electrons. The van der Waals surface area contributed by atoms with Crippen molar-refractivity contribution in [2.45, 2.75) is 44.6 Å². The van der Waals surface area contributed by atoms with E-state index in [9.17, 15) is 8.42 Å². The summed E-state index contributed by atoms with van der Waals surface area (Å²) in [6, 6.07) is 3.14. The molecule has 0 saturated carbocycles. The quantitative estimate of drug-likeness (QED) is 0.645. The highest BCUT2D eigenvalue weighted by molar-refractivity contribution is 7.99. The molecule has 0 fully saturated rings. The van der Waals surface area contributed by atoms with Crippen molar-refractivity contribution in [1.82, 2.24) is 9.71 Å². The van der Waals surface area contributed by atoms with E-state index in [1.165, 1.54) is 0 Å². The summed E-state index contributed by atoms with van der Waals surface area (Å²) >= 11 is 1.81. The van der Waals surface area contributed by atoms with Gasteiger partial charge in [-0.1, -0.05) is 13.8 Å². The first-order valence-corrected chi connectivity index (χ1v) is 9.94. The van der Waals surface area contributed by atoms with Gasteiger partial charge in [-0.25, -0.2) is 18.1 Å². The topological polar surface area (TPSA) is 71.1 Å². The van der Waals surface area contributed by atoms with E-state index in [1.807, 2.05) is 25.6 Å². The summed E-state index contributed by atoms with van der Waals surface area (Å²) in [6.07, 6.45) is 3.32. The molecule has 7 heteroatoms. The molecule has 5 nitrogen and oxygen atoms in total. The van der Waals surface area contributed by atoms with Crippen LogP contribution in [0.2, 0.25) is 0 Å². The normalized spacial score (nSPS) is 13.1. The smallest absolute Gasteiger partial charge is 0.244 e. The Bertz CT molecular complexity index is 521. The Morgan fingerprint density at radius 2 is 2.14 bits per heavy atom. The number of nitrogens with zero attached hydrogens (tertiary/aromatic N) is 1. The van der Waals surface area contributed by atoms with Crippen molar-refractivity contribution in [3.05, 3.63) is 18.3 Å². The van der Waals surface area contributed by atoms with Gasteiger partial charge in [-0.15, -0.1) is 0 Å². The second kappa shape index (κ2) is 9.27. The number of sulfonamides is 1. The van der Waals surface area contributed by atoms with Gasteiger partial charge < -0.3 is 5.32 Å². The SMILES string of the molecule is CCCNc1ncccc1S(=O)(=O)NC(C)CCSCC. The summed E-state index contributed by atoms with van der Waals surface area (Å²) in [5, 5.41) is 3.06. The fourth-order valence-corrected chi connectivity index (χ4v) is 4.00. The molecule has 1 aromatic heterocycles. The number of anilines is 1. The molecule has 2 N–H and O–H groups in total. The number of hydrogen-bond donors (Lipinski definition) is 2. The number of hydrogen-bond acceptors (Lipinski definition) is 5. The Labute approximate surface area is 132 Å². The van der Waals surface area contributed by atoms with Crippen LogP contribution in [0.15, 0.2) is 23.2 Å². The minimum atomic E-state index is -3.54. The lowest BCUT2D eigenvalue weighted by molar-refractivity contribution is 0.557. The van der Waals surface area contributed by atoms with E-state index in [4.69, 9.17) is 0 Å². The summed E-state index contributed by atoms with van der Waals surface area (Å²) in [5.74, 6) is 2.42. The minimum Gasteiger partial charge on any atom is -0.369 e. The molecular weight excluding hydrogens is 306 g/mol. The van der Waals surface area contributed by atoms with Crippen LogP contribution in [0.5, 0.6) is 0 Å². The molecule has 0 saturated heterocycles. The third-order valence-corrected chi connectivity index (χ3v) is 5.41. The van der Waals surface area contributed by atoms with Gasteiger partial charge in [0.05, 0.1) is 0 Å². The van der Waals surface area contributed by atoms with Gasteiger partial charge in [0, 0.05) is 18.8 Å². The minimum absolute atomic E-state index is 0.0896. The van der Waals surface area contributed by atoms with Gasteiger partial charge in [-0.05, 0) is 43.4 Å². The Morgan fingerprint density at radius 1 is 1.38 bits per heavy atom. The molecule has 21 heavy (non-hydrogen) atoms. The zero-order chi connectivity index (χ0) is 15.7. The largest absolute Gasteiger partial charge is 0.369 e. The first kappa shape index (κ1) is 18.3. The van der Waals surface area contributed by atoms with Crippen LogP contribution in [-0.4, -0.2) is 37.5 Å². The van der Waals surface area contributed by atoms with E-state index < -0.39 is 10.0 Å². The van der Waals surface area contributed by atoms with Gasteiger partial charge in [0.25, 0.3) is 0 Å². The van der Waals surface area contributed by atoms with Crippen LogP contribution in [-0.2, 0) is 10.0 Å². The predicted octanol–water partition coefficient (Wildman–Crippen LogP) is 2.71. The number of aromatic nitrogens is 1. The molecule has 1 heterocycles. The van der Waals surface area contributed by atoms with Crippen LogP contribution in [0, 0.1) is 0 Å². The van der Waals surface area contributed by atoms with Crippen LogP contribution in [0.1, 0.15) is 33.6 Å². The lowest BCUT2D eigenvalue weighted by Crippen LogP contribution is -2.33. The van der Waals surface area contributed by atoms with E-state index in [0.717, 1.165) is 24.3 Å². The average Bonchev–Trinajstić information content (AvgIpc) is 2.45. The number of nitrogens with one attached hydrogen (secondary N) is 2. The molecule has 0 spiro atoms. The van der Waals surface area contributed by atoms with Gasteiger partial charge in [-0.2, -0.15) is 11.8 Å². The molecule has 0 amide bonds. The first-order valence-electron chi connectivity index (χ1n) is 7.30. The summed E-state index contributed by atoms with van der Waals surface area (Å²) in [7, 11) is -3.54. The van der Waals surface area contributed by atoms with Crippen molar-refractivity contribution in [3.63, 3.8) is 0 Å². The molecule has 0 aliphatic carbocycles. The van der Waals surface area contributed by atoms with Crippen molar-refractivity contribution in [1.29, 1.82) is 0 Å². The molecule has 0 bridgehead atoms. The predicted molar refractivity (Wildman–Crippen MR) is 90.4 cm³/mol. The maximum absolute atomic E-state index is 12.5. The van der Waals surface area contributed by atoms with Gasteiger partial charge in [0.15, 0.2) is 0 Å². The summed E-state index contributed by atoms with van der Waals surface area (Å²) in [4.78, 5) is 4.35. The number of thioether (sulfide) groups is 1. The maximum Gasteiger partial charge on any atom is 0.244 e. The lowest BCUT2D eigenvalue weighted by Gasteiger charge is -2.16. The van der Waals surface area contributed by atoms with E-state index in [0.29, 0.717) is 12.4 Å². The fraction of sp³-hybridized carbons (Fsp3) is 0.643. The Morgan fingerprint density at radius 3 is 2.81 bits per heavy atom. The summed E-state index contributed by atoms with van der Waals surface area (Å²) in [5.41, 5.74) is 0. The van der Waals surface area contributed by atoms with E-state index in [2.05, 4.69) is 21.9 Å². The van der Waals surface area contributed by atoms with Crippen molar-refractivity contribution < 1.29 is 8.42 Å². The standard InChI is InChI=1S/C14H25N3O2S2/c1-4-9-15-14-13(7-6-10-16-14)21(18,19)17-12(3)8-11-20-5-2/h6-7,10,12,17H,4-5,8-9,11H2,1-3H3,(H,15,16). The van der Waals surface area contributed by atoms with Crippen LogP contribution in [0.3, 0.4) is 0 Å². The molecule has 1 aromatic rings. The van der Waals surface area contributed by atoms with Gasteiger partial charge in [0.2, 0.25) is 10.0 Å². The van der Waals surface area contributed by atoms with E-state index in [1.54, 1.807) is 18.3 Å². The van der Waals surface area contributed by atoms with Crippen molar-refractivity contribution in [2.75, 3.05) is 23.4 Å². The molecule has 0 aliphatic heterocycles. The zero-order valence-electron chi connectivity index (χ0n) is 12.9. The molecule has 0 aliphatic rings. The van der Waals surface area contributed by atoms with Crippen LogP contribution in [0.25, 0.3) is 0 Å². The van der Waals surface area contributed by atoms with E-state index >= 15 is 0 Å². The van der Waals surface area contributed by atoms with Crippen molar-refractivity contribution >= 4 is 27.6 Å². The Hall–Kier alpha value is -0.790. The lowest BCUT2D eigenvalue weighted by atomic mass is 10.3. The highest BCUT2D eigenvalue weighted by Crippen LogP contribution is 2.18.